The first-order valence-electron chi connectivity index (χ1n) is 4.87. The van der Waals surface area contributed by atoms with Crippen LogP contribution in [0.3, 0.4) is 0 Å². The van der Waals surface area contributed by atoms with Crippen molar-refractivity contribution in [3.8, 4) is 0 Å². The van der Waals surface area contributed by atoms with Crippen LogP contribution in [0.2, 0.25) is 0 Å². The third kappa shape index (κ3) is 4.01. The highest BCUT2D eigenvalue weighted by Gasteiger charge is 2.14. The van der Waals surface area contributed by atoms with Gasteiger partial charge in [0, 0.05) is 27.1 Å². The van der Waals surface area contributed by atoms with Crippen LogP contribution in [0.1, 0.15) is 0 Å². The first-order valence-corrected chi connectivity index (χ1v) is 7.18. The molecule has 0 radical (unpaired) electrons. The van der Waals surface area contributed by atoms with E-state index in [2.05, 4.69) is 0 Å². The summed E-state index contributed by atoms with van der Waals surface area (Å²) < 4.78 is 22.6. The summed E-state index contributed by atoms with van der Waals surface area (Å²) in [5.41, 5.74) is 6.27. The van der Waals surface area contributed by atoms with Gasteiger partial charge in [-0.25, -0.2) is 13.2 Å². The SMILES string of the molecule is Nc1ccc(S(=O)(=O)Cl)c2ccccc12.O=C(O)O. The maximum absolute atomic E-state index is 11.3. The summed E-state index contributed by atoms with van der Waals surface area (Å²) in [6, 6.07) is 9.94. The molecule has 2 aromatic rings. The fourth-order valence-corrected chi connectivity index (χ4v) is 2.58. The lowest BCUT2D eigenvalue weighted by Crippen LogP contribution is -1.95. The fourth-order valence-electron chi connectivity index (χ4n) is 1.51. The number of fused-ring (bicyclic) bond motifs is 1. The van der Waals surface area contributed by atoms with Gasteiger partial charge in [-0.05, 0) is 12.1 Å². The molecule has 0 saturated heterocycles. The number of nitrogens with two attached hydrogens (primary N) is 1. The van der Waals surface area contributed by atoms with Crippen molar-refractivity contribution in [2.45, 2.75) is 4.90 Å². The van der Waals surface area contributed by atoms with Crippen molar-refractivity contribution in [3.63, 3.8) is 0 Å². The molecule has 2 aromatic carbocycles. The minimum absolute atomic E-state index is 0.0916. The van der Waals surface area contributed by atoms with Crippen molar-refractivity contribution >= 4 is 42.3 Å². The summed E-state index contributed by atoms with van der Waals surface area (Å²) in [5, 5.41) is 15.2. The van der Waals surface area contributed by atoms with E-state index in [0.29, 0.717) is 16.5 Å². The van der Waals surface area contributed by atoms with Gasteiger partial charge in [0.25, 0.3) is 9.05 Å². The Morgan fingerprint density at radius 1 is 1.05 bits per heavy atom. The van der Waals surface area contributed by atoms with Gasteiger partial charge < -0.3 is 15.9 Å². The molecule has 0 aliphatic heterocycles. The van der Waals surface area contributed by atoms with Gasteiger partial charge in [-0.2, -0.15) is 0 Å². The zero-order valence-electron chi connectivity index (χ0n) is 9.45. The average molecular weight is 304 g/mol. The molecule has 0 atom stereocenters. The van der Waals surface area contributed by atoms with Crippen LogP contribution in [0, 0.1) is 0 Å². The smallest absolute Gasteiger partial charge is 0.450 e. The second-order valence-electron chi connectivity index (χ2n) is 3.42. The molecule has 102 valence electrons. The van der Waals surface area contributed by atoms with Crippen LogP contribution in [-0.4, -0.2) is 24.8 Å². The third-order valence-electron chi connectivity index (χ3n) is 2.18. The molecular weight excluding hydrogens is 294 g/mol. The number of carbonyl (C=O) groups is 1. The van der Waals surface area contributed by atoms with Gasteiger partial charge in [0.2, 0.25) is 0 Å². The van der Waals surface area contributed by atoms with E-state index in [1.54, 1.807) is 24.3 Å². The van der Waals surface area contributed by atoms with Gasteiger partial charge in [-0.15, -0.1) is 0 Å². The second-order valence-corrected chi connectivity index (χ2v) is 5.95. The largest absolute Gasteiger partial charge is 0.503 e. The lowest BCUT2D eigenvalue weighted by atomic mass is 10.1. The number of hydrogen-bond acceptors (Lipinski definition) is 4. The Morgan fingerprint density at radius 3 is 2.00 bits per heavy atom. The molecular formula is C11H10ClNO5S. The van der Waals surface area contributed by atoms with E-state index in [1.807, 2.05) is 0 Å². The molecule has 0 spiro atoms. The molecule has 0 aromatic heterocycles. The van der Waals surface area contributed by atoms with Crippen molar-refractivity contribution < 1.29 is 23.4 Å². The van der Waals surface area contributed by atoms with Crippen molar-refractivity contribution in [3.05, 3.63) is 36.4 Å². The highest BCUT2D eigenvalue weighted by atomic mass is 35.7. The standard InChI is InChI=1S/C10H8ClNO2S.CH2O3/c11-15(13,14)10-6-5-9(12)7-3-1-2-4-8(7)10;2-1(3)4/h1-6H,12H2;(H2,2,3,4). The van der Waals surface area contributed by atoms with E-state index in [0.717, 1.165) is 0 Å². The Kier molecular flexibility index (Phi) is 4.57. The van der Waals surface area contributed by atoms with Crippen LogP contribution in [0.4, 0.5) is 10.5 Å². The molecule has 0 bridgehead atoms. The van der Waals surface area contributed by atoms with Crippen LogP contribution in [0.25, 0.3) is 10.8 Å². The van der Waals surface area contributed by atoms with E-state index in [-0.39, 0.29) is 4.90 Å². The Morgan fingerprint density at radius 2 is 1.53 bits per heavy atom. The Balaban J connectivity index is 0.000000399. The molecule has 8 heteroatoms. The predicted octanol–water partition coefficient (Wildman–Crippen LogP) is 2.57. The summed E-state index contributed by atoms with van der Waals surface area (Å²) in [6.07, 6.45) is -1.83. The van der Waals surface area contributed by atoms with E-state index in [4.69, 9.17) is 31.4 Å². The summed E-state index contributed by atoms with van der Waals surface area (Å²) in [6.45, 7) is 0. The molecule has 0 amide bonds. The van der Waals surface area contributed by atoms with E-state index < -0.39 is 15.2 Å². The molecule has 0 aliphatic carbocycles. The summed E-state index contributed by atoms with van der Waals surface area (Å²) >= 11 is 0. The molecule has 19 heavy (non-hydrogen) atoms. The van der Waals surface area contributed by atoms with Gasteiger partial charge in [-0.3, -0.25) is 0 Å². The Hall–Kier alpha value is -1.99. The zero-order chi connectivity index (χ0) is 14.6. The lowest BCUT2D eigenvalue weighted by molar-refractivity contribution is 0.137. The van der Waals surface area contributed by atoms with Crippen LogP contribution >= 0.6 is 10.7 Å². The van der Waals surface area contributed by atoms with Gasteiger partial charge >= 0.3 is 6.16 Å². The number of carboxylic acid groups (broad SMARTS) is 2. The molecule has 4 N–H and O–H groups in total. The van der Waals surface area contributed by atoms with Gasteiger partial charge in [0.15, 0.2) is 0 Å². The fraction of sp³-hybridized carbons (Fsp3) is 0. The number of hydrogen-bond donors (Lipinski definition) is 3. The van der Waals surface area contributed by atoms with E-state index in [9.17, 15) is 8.42 Å². The van der Waals surface area contributed by atoms with E-state index >= 15 is 0 Å². The maximum Gasteiger partial charge on any atom is 0.503 e. The minimum atomic E-state index is -3.73. The van der Waals surface area contributed by atoms with Gasteiger partial charge in [0.05, 0.1) is 4.90 Å². The van der Waals surface area contributed by atoms with Crippen LogP contribution in [0.5, 0.6) is 0 Å². The summed E-state index contributed by atoms with van der Waals surface area (Å²) in [7, 11) is 1.59. The van der Waals surface area contributed by atoms with Crippen molar-refractivity contribution in [2.75, 3.05) is 5.73 Å². The van der Waals surface area contributed by atoms with Crippen LogP contribution in [-0.2, 0) is 9.05 Å². The number of halogens is 1. The second kappa shape index (κ2) is 5.77. The van der Waals surface area contributed by atoms with Gasteiger partial charge in [0.1, 0.15) is 0 Å². The molecule has 0 unspecified atom stereocenters. The highest BCUT2D eigenvalue weighted by Crippen LogP contribution is 2.29. The van der Waals surface area contributed by atoms with Crippen LogP contribution in [0.15, 0.2) is 41.3 Å². The van der Waals surface area contributed by atoms with Crippen molar-refractivity contribution in [2.24, 2.45) is 0 Å². The number of rotatable bonds is 1. The Bertz CT molecular complexity index is 710. The Labute approximate surface area is 113 Å². The summed E-state index contributed by atoms with van der Waals surface area (Å²) in [5.74, 6) is 0. The average Bonchev–Trinajstić information content (AvgIpc) is 2.27. The molecule has 0 fully saturated rings. The first-order chi connectivity index (χ1) is 8.73. The minimum Gasteiger partial charge on any atom is -0.450 e. The topological polar surface area (TPSA) is 118 Å². The number of benzene rings is 2. The molecule has 6 nitrogen and oxygen atoms in total. The normalized spacial score (nSPS) is 10.6. The number of anilines is 1. The van der Waals surface area contributed by atoms with Gasteiger partial charge in [-0.1, -0.05) is 24.3 Å². The number of nitrogen functional groups attached to an aromatic ring is 1. The maximum atomic E-state index is 11.3. The molecule has 0 heterocycles. The zero-order valence-corrected chi connectivity index (χ0v) is 11.0. The highest BCUT2D eigenvalue weighted by molar-refractivity contribution is 8.14. The lowest BCUT2D eigenvalue weighted by Gasteiger charge is -2.05. The third-order valence-corrected chi connectivity index (χ3v) is 3.56. The van der Waals surface area contributed by atoms with Crippen molar-refractivity contribution in [1.29, 1.82) is 0 Å². The van der Waals surface area contributed by atoms with E-state index in [1.165, 1.54) is 12.1 Å². The first kappa shape index (κ1) is 15.1. The molecule has 0 aliphatic rings. The monoisotopic (exact) mass is 303 g/mol. The quantitative estimate of drug-likeness (QED) is 0.550. The summed E-state index contributed by atoms with van der Waals surface area (Å²) in [4.78, 5) is 8.65. The van der Waals surface area contributed by atoms with Crippen LogP contribution < -0.4 is 5.73 Å². The van der Waals surface area contributed by atoms with Crippen molar-refractivity contribution in [1.82, 2.24) is 0 Å². The predicted molar refractivity (Wildman–Crippen MR) is 72.1 cm³/mol. The molecule has 0 saturated carbocycles. The molecule has 2 rings (SSSR count).